The van der Waals surface area contributed by atoms with E-state index in [0.717, 1.165) is 23.6 Å². The Labute approximate surface area is 122 Å². The van der Waals surface area contributed by atoms with Gasteiger partial charge in [0.1, 0.15) is 11.3 Å². The van der Waals surface area contributed by atoms with Crippen LogP contribution in [0.15, 0.2) is 36.4 Å². The minimum atomic E-state index is -0.669. The summed E-state index contributed by atoms with van der Waals surface area (Å²) in [6, 6.07) is 10.6. The third-order valence-electron chi connectivity index (χ3n) is 3.83. The first kappa shape index (κ1) is 13.6. The maximum absolute atomic E-state index is 12.2. The molecule has 108 valence electrons. The van der Waals surface area contributed by atoms with Crippen LogP contribution in [-0.4, -0.2) is 23.0 Å². The maximum atomic E-state index is 12.2. The molecule has 0 aromatic heterocycles. The highest BCUT2D eigenvalue weighted by molar-refractivity contribution is 5.99. The number of esters is 1. The first-order chi connectivity index (χ1) is 10.1. The molecule has 0 heterocycles. The van der Waals surface area contributed by atoms with Crippen molar-refractivity contribution in [2.75, 3.05) is 0 Å². The first-order valence-corrected chi connectivity index (χ1v) is 7.10. The van der Waals surface area contributed by atoms with E-state index < -0.39 is 12.1 Å². The zero-order chi connectivity index (χ0) is 14.8. The number of carbonyl (C=O) groups excluding carboxylic acids is 2. The number of aromatic hydroxyl groups is 1. The van der Waals surface area contributed by atoms with Crippen LogP contribution in [0.4, 0.5) is 0 Å². The molecular weight excluding hydrogens is 268 g/mol. The van der Waals surface area contributed by atoms with Gasteiger partial charge in [-0.05, 0) is 42.2 Å². The van der Waals surface area contributed by atoms with E-state index in [1.807, 2.05) is 24.3 Å². The van der Waals surface area contributed by atoms with E-state index >= 15 is 0 Å². The van der Waals surface area contributed by atoms with E-state index in [2.05, 4.69) is 0 Å². The summed E-state index contributed by atoms with van der Waals surface area (Å²) in [6.07, 6.45) is 2.10. The van der Waals surface area contributed by atoms with Gasteiger partial charge in [0, 0.05) is 6.42 Å². The molecule has 4 nitrogen and oxygen atoms in total. The molecule has 0 spiro atoms. The molecule has 1 saturated carbocycles. The van der Waals surface area contributed by atoms with Crippen LogP contribution < -0.4 is 0 Å². The minimum absolute atomic E-state index is 0.0325. The molecule has 1 atom stereocenters. The Kier molecular flexibility index (Phi) is 3.60. The predicted molar refractivity (Wildman–Crippen MR) is 78.3 cm³/mol. The molecule has 1 N–H and O–H groups in total. The molecule has 0 bridgehead atoms. The number of fused-ring (bicyclic) bond motifs is 1. The number of ketones is 1. The number of hydrogen-bond acceptors (Lipinski definition) is 4. The average molecular weight is 284 g/mol. The second kappa shape index (κ2) is 5.56. The molecule has 1 aliphatic rings. The molecule has 4 heteroatoms. The number of phenolic OH excluding ortho intramolecular Hbond substituents is 1. The van der Waals surface area contributed by atoms with Crippen molar-refractivity contribution in [3.05, 3.63) is 42.0 Å². The summed E-state index contributed by atoms with van der Waals surface area (Å²) < 4.78 is 5.27. The second-order valence-electron chi connectivity index (χ2n) is 5.32. The second-order valence-corrected chi connectivity index (χ2v) is 5.32. The molecule has 0 amide bonds. The summed E-state index contributed by atoms with van der Waals surface area (Å²) in [5.74, 6) is -0.796. The molecule has 1 aliphatic carbocycles. The highest BCUT2D eigenvalue weighted by Crippen LogP contribution is 2.27. The SMILES string of the molecule is O=C(O[C@H]1CCCCC1=O)c1cc2ccccc2cc1O. The topological polar surface area (TPSA) is 63.6 Å². The van der Waals surface area contributed by atoms with Gasteiger partial charge in [-0.2, -0.15) is 0 Å². The fourth-order valence-electron chi connectivity index (χ4n) is 2.66. The van der Waals surface area contributed by atoms with Crippen LogP contribution in [0.25, 0.3) is 10.8 Å². The Hall–Kier alpha value is -2.36. The lowest BCUT2D eigenvalue weighted by Crippen LogP contribution is -2.30. The van der Waals surface area contributed by atoms with Crippen molar-refractivity contribution in [3.8, 4) is 5.75 Å². The van der Waals surface area contributed by atoms with E-state index in [9.17, 15) is 14.7 Å². The number of hydrogen-bond donors (Lipinski definition) is 1. The molecule has 0 unspecified atom stereocenters. The van der Waals surface area contributed by atoms with Gasteiger partial charge in [0.05, 0.1) is 0 Å². The van der Waals surface area contributed by atoms with Crippen molar-refractivity contribution < 1.29 is 19.4 Å². The van der Waals surface area contributed by atoms with Crippen LogP contribution in [0, 0.1) is 0 Å². The smallest absolute Gasteiger partial charge is 0.342 e. The number of benzene rings is 2. The van der Waals surface area contributed by atoms with Crippen LogP contribution >= 0.6 is 0 Å². The normalized spacial score (nSPS) is 18.7. The lowest BCUT2D eigenvalue weighted by atomic mass is 9.96. The Morgan fingerprint density at radius 2 is 1.86 bits per heavy atom. The zero-order valence-electron chi connectivity index (χ0n) is 11.5. The Morgan fingerprint density at radius 3 is 2.57 bits per heavy atom. The summed E-state index contributed by atoms with van der Waals surface area (Å²) in [5.41, 5.74) is 0.104. The predicted octanol–water partition coefficient (Wildman–Crippen LogP) is 3.21. The lowest BCUT2D eigenvalue weighted by molar-refractivity contribution is -0.129. The number of rotatable bonds is 2. The number of Topliss-reactive ketones (excluding diaryl/α,β-unsaturated/α-hetero) is 1. The quantitative estimate of drug-likeness (QED) is 0.860. The van der Waals surface area contributed by atoms with Gasteiger partial charge in [-0.3, -0.25) is 4.79 Å². The molecule has 0 aliphatic heterocycles. The Balaban J connectivity index is 1.87. The zero-order valence-corrected chi connectivity index (χ0v) is 11.5. The van der Waals surface area contributed by atoms with Crippen molar-refractivity contribution in [1.29, 1.82) is 0 Å². The van der Waals surface area contributed by atoms with E-state index in [1.54, 1.807) is 6.07 Å². The van der Waals surface area contributed by atoms with E-state index in [1.165, 1.54) is 6.07 Å². The number of phenols is 1. The number of carbonyl (C=O) groups is 2. The molecule has 0 radical (unpaired) electrons. The van der Waals surface area contributed by atoms with Gasteiger partial charge in [0.2, 0.25) is 0 Å². The fraction of sp³-hybridized carbons (Fsp3) is 0.294. The van der Waals surface area contributed by atoms with E-state index in [-0.39, 0.29) is 17.1 Å². The minimum Gasteiger partial charge on any atom is -0.507 e. The third-order valence-corrected chi connectivity index (χ3v) is 3.83. The van der Waals surface area contributed by atoms with Gasteiger partial charge in [-0.1, -0.05) is 24.3 Å². The third kappa shape index (κ3) is 2.75. The fourth-order valence-corrected chi connectivity index (χ4v) is 2.66. The first-order valence-electron chi connectivity index (χ1n) is 7.10. The molecule has 1 fully saturated rings. The van der Waals surface area contributed by atoms with Crippen molar-refractivity contribution >= 4 is 22.5 Å². The van der Waals surface area contributed by atoms with Crippen LogP contribution in [0.3, 0.4) is 0 Å². The van der Waals surface area contributed by atoms with E-state index in [0.29, 0.717) is 12.8 Å². The molecular formula is C17H16O4. The van der Waals surface area contributed by atoms with Crippen molar-refractivity contribution in [2.45, 2.75) is 31.8 Å². The highest BCUT2D eigenvalue weighted by atomic mass is 16.5. The van der Waals surface area contributed by atoms with Crippen molar-refractivity contribution in [3.63, 3.8) is 0 Å². The molecule has 21 heavy (non-hydrogen) atoms. The monoisotopic (exact) mass is 284 g/mol. The summed E-state index contributed by atoms with van der Waals surface area (Å²) in [4.78, 5) is 23.9. The van der Waals surface area contributed by atoms with Gasteiger partial charge in [-0.25, -0.2) is 4.79 Å². The van der Waals surface area contributed by atoms with Gasteiger partial charge >= 0.3 is 5.97 Å². The van der Waals surface area contributed by atoms with Crippen molar-refractivity contribution in [2.24, 2.45) is 0 Å². The van der Waals surface area contributed by atoms with Crippen LogP contribution in [0.1, 0.15) is 36.0 Å². The maximum Gasteiger partial charge on any atom is 0.342 e. The van der Waals surface area contributed by atoms with Gasteiger partial charge in [0.15, 0.2) is 11.9 Å². The average Bonchev–Trinajstić information content (AvgIpc) is 2.49. The molecule has 2 aromatic carbocycles. The Morgan fingerprint density at radius 1 is 1.14 bits per heavy atom. The standard InChI is InChI=1S/C17H16O4/c18-14-7-3-4-8-16(14)21-17(20)13-9-11-5-1-2-6-12(11)10-15(13)19/h1-2,5-6,9-10,16,19H,3-4,7-8H2/t16-/m0/s1. The summed E-state index contributed by atoms with van der Waals surface area (Å²) in [7, 11) is 0. The molecule has 2 aromatic rings. The Bertz CT molecular complexity index is 705. The van der Waals surface area contributed by atoms with Crippen LogP contribution in [0.5, 0.6) is 5.75 Å². The number of ether oxygens (including phenoxy) is 1. The lowest BCUT2D eigenvalue weighted by Gasteiger charge is -2.20. The molecule has 0 saturated heterocycles. The van der Waals surface area contributed by atoms with Crippen LogP contribution in [-0.2, 0) is 9.53 Å². The van der Waals surface area contributed by atoms with E-state index in [4.69, 9.17) is 4.74 Å². The molecule has 3 rings (SSSR count). The van der Waals surface area contributed by atoms with Gasteiger partial charge in [0.25, 0.3) is 0 Å². The largest absolute Gasteiger partial charge is 0.507 e. The van der Waals surface area contributed by atoms with Crippen molar-refractivity contribution in [1.82, 2.24) is 0 Å². The van der Waals surface area contributed by atoms with Gasteiger partial charge in [-0.15, -0.1) is 0 Å². The van der Waals surface area contributed by atoms with Gasteiger partial charge < -0.3 is 9.84 Å². The summed E-state index contributed by atoms with van der Waals surface area (Å²) in [6.45, 7) is 0. The van der Waals surface area contributed by atoms with Crippen LogP contribution in [0.2, 0.25) is 0 Å². The highest BCUT2D eigenvalue weighted by Gasteiger charge is 2.27. The summed E-state index contributed by atoms with van der Waals surface area (Å²) >= 11 is 0. The summed E-state index contributed by atoms with van der Waals surface area (Å²) in [5, 5.41) is 11.7.